The maximum atomic E-state index is 12.3. The molecule has 0 bridgehead atoms. The SMILES string of the molecule is CN1CCC(O)(c2cc(-c3ccnc(N4CCc5ccnc(N)c5C4)c3)no2)C1=O. The van der Waals surface area contributed by atoms with Gasteiger partial charge in [-0.3, -0.25) is 4.79 Å². The third-order valence-electron chi connectivity index (χ3n) is 5.98. The molecule has 2 aliphatic rings. The molecule has 9 heteroatoms. The molecule has 5 rings (SSSR count). The number of anilines is 2. The van der Waals surface area contributed by atoms with Crippen LogP contribution in [0.1, 0.15) is 23.3 Å². The standard InChI is InChI=1S/C21H22N6O3/c1-26-9-5-21(29,20(26)28)17-11-16(25-30-17)14-3-6-23-18(10-14)27-8-4-13-2-7-24-19(22)15(13)12-27/h2-3,6-7,10-11,29H,4-5,8-9,12H2,1H3,(H2,22,24). The topological polar surface area (TPSA) is 122 Å². The van der Waals surface area contributed by atoms with Crippen LogP contribution in [0, 0.1) is 0 Å². The van der Waals surface area contributed by atoms with Gasteiger partial charge < -0.3 is 25.2 Å². The zero-order valence-corrected chi connectivity index (χ0v) is 16.6. The molecule has 154 valence electrons. The average molecular weight is 406 g/mol. The molecule has 1 amide bonds. The quantitative estimate of drug-likeness (QED) is 0.668. The Morgan fingerprint density at radius 1 is 1.20 bits per heavy atom. The third kappa shape index (κ3) is 2.89. The molecule has 1 unspecified atom stereocenters. The summed E-state index contributed by atoms with van der Waals surface area (Å²) < 4.78 is 5.37. The number of nitrogens with two attached hydrogens (primary N) is 1. The van der Waals surface area contributed by atoms with Crippen molar-refractivity contribution in [1.82, 2.24) is 20.0 Å². The number of pyridine rings is 2. The van der Waals surface area contributed by atoms with Crippen LogP contribution >= 0.6 is 0 Å². The molecule has 0 spiro atoms. The van der Waals surface area contributed by atoms with Crippen molar-refractivity contribution in [2.75, 3.05) is 30.8 Å². The molecule has 1 saturated heterocycles. The lowest BCUT2D eigenvalue weighted by Gasteiger charge is -2.30. The Morgan fingerprint density at radius 2 is 2.03 bits per heavy atom. The van der Waals surface area contributed by atoms with Crippen LogP contribution in [-0.4, -0.2) is 51.2 Å². The van der Waals surface area contributed by atoms with Gasteiger partial charge in [0.2, 0.25) is 5.60 Å². The van der Waals surface area contributed by atoms with E-state index < -0.39 is 5.60 Å². The molecule has 1 fully saturated rings. The minimum atomic E-state index is -1.66. The van der Waals surface area contributed by atoms with Crippen LogP contribution in [-0.2, 0) is 23.4 Å². The van der Waals surface area contributed by atoms with Crippen LogP contribution in [0.2, 0.25) is 0 Å². The number of fused-ring (bicyclic) bond motifs is 1. The molecule has 3 aromatic heterocycles. The highest BCUT2D eigenvalue weighted by molar-refractivity contribution is 5.87. The summed E-state index contributed by atoms with van der Waals surface area (Å²) >= 11 is 0. The van der Waals surface area contributed by atoms with Gasteiger partial charge in [0.1, 0.15) is 17.3 Å². The summed E-state index contributed by atoms with van der Waals surface area (Å²) in [6.45, 7) is 1.92. The van der Waals surface area contributed by atoms with Gasteiger partial charge in [-0.15, -0.1) is 0 Å². The number of carbonyl (C=O) groups excluding carboxylic acids is 1. The van der Waals surface area contributed by atoms with Crippen molar-refractivity contribution < 1.29 is 14.4 Å². The van der Waals surface area contributed by atoms with Gasteiger partial charge in [0.05, 0.1) is 0 Å². The van der Waals surface area contributed by atoms with Crippen LogP contribution < -0.4 is 10.6 Å². The number of aromatic nitrogens is 3. The number of amides is 1. The molecule has 0 aliphatic carbocycles. The summed E-state index contributed by atoms with van der Waals surface area (Å²) in [5.41, 5.74) is 8.00. The van der Waals surface area contributed by atoms with Crippen molar-refractivity contribution in [3.05, 3.63) is 53.5 Å². The Labute approximate surface area is 173 Å². The maximum Gasteiger partial charge on any atom is 0.262 e. The van der Waals surface area contributed by atoms with E-state index in [1.165, 1.54) is 10.5 Å². The first-order valence-corrected chi connectivity index (χ1v) is 9.84. The molecular weight excluding hydrogens is 384 g/mol. The van der Waals surface area contributed by atoms with Gasteiger partial charge in [0.25, 0.3) is 5.91 Å². The minimum absolute atomic E-state index is 0.163. The Hall–Kier alpha value is -3.46. The number of hydrogen-bond donors (Lipinski definition) is 2. The molecule has 2 aliphatic heterocycles. The average Bonchev–Trinajstić information content (AvgIpc) is 3.37. The van der Waals surface area contributed by atoms with E-state index in [1.807, 2.05) is 18.2 Å². The Balaban J connectivity index is 1.42. The van der Waals surface area contributed by atoms with Gasteiger partial charge in [0.15, 0.2) is 5.76 Å². The van der Waals surface area contributed by atoms with Crippen molar-refractivity contribution in [3.63, 3.8) is 0 Å². The second kappa shape index (κ2) is 6.81. The number of likely N-dealkylation sites (tertiary alicyclic amines) is 1. The fraction of sp³-hybridized carbons (Fsp3) is 0.333. The lowest BCUT2D eigenvalue weighted by Crippen LogP contribution is -2.35. The highest BCUT2D eigenvalue weighted by atomic mass is 16.5. The van der Waals surface area contributed by atoms with Crippen molar-refractivity contribution in [3.8, 4) is 11.3 Å². The van der Waals surface area contributed by atoms with E-state index in [4.69, 9.17) is 10.3 Å². The summed E-state index contributed by atoms with van der Waals surface area (Å²) in [5.74, 6) is 1.13. The smallest absolute Gasteiger partial charge is 0.262 e. The van der Waals surface area contributed by atoms with Crippen LogP contribution in [0.15, 0.2) is 41.2 Å². The maximum absolute atomic E-state index is 12.3. The van der Waals surface area contributed by atoms with Gasteiger partial charge in [-0.1, -0.05) is 5.16 Å². The van der Waals surface area contributed by atoms with Crippen LogP contribution in [0.25, 0.3) is 11.3 Å². The second-order valence-corrected chi connectivity index (χ2v) is 7.82. The highest BCUT2D eigenvalue weighted by Crippen LogP contribution is 2.35. The molecule has 5 heterocycles. The molecule has 1 atom stereocenters. The lowest BCUT2D eigenvalue weighted by molar-refractivity contribution is -0.144. The summed E-state index contributed by atoms with van der Waals surface area (Å²) in [6.07, 6.45) is 4.60. The highest BCUT2D eigenvalue weighted by Gasteiger charge is 2.48. The predicted molar refractivity (Wildman–Crippen MR) is 109 cm³/mol. The molecule has 0 aromatic carbocycles. The zero-order valence-electron chi connectivity index (χ0n) is 16.6. The summed E-state index contributed by atoms with van der Waals surface area (Å²) in [5, 5.41) is 14.9. The van der Waals surface area contributed by atoms with Crippen molar-refractivity contribution in [2.45, 2.75) is 25.0 Å². The first-order chi connectivity index (χ1) is 14.5. The summed E-state index contributed by atoms with van der Waals surface area (Å²) in [4.78, 5) is 24.7. The monoisotopic (exact) mass is 406 g/mol. The van der Waals surface area contributed by atoms with Gasteiger partial charge in [-0.25, -0.2) is 9.97 Å². The molecule has 30 heavy (non-hydrogen) atoms. The molecule has 0 saturated carbocycles. The Morgan fingerprint density at radius 3 is 2.83 bits per heavy atom. The molecular formula is C21H22N6O3. The van der Waals surface area contributed by atoms with E-state index >= 15 is 0 Å². The fourth-order valence-electron chi connectivity index (χ4n) is 4.13. The molecule has 0 radical (unpaired) electrons. The second-order valence-electron chi connectivity index (χ2n) is 7.82. The van der Waals surface area contributed by atoms with E-state index in [0.717, 1.165) is 29.9 Å². The largest absolute Gasteiger partial charge is 0.383 e. The van der Waals surface area contributed by atoms with E-state index in [9.17, 15) is 9.90 Å². The van der Waals surface area contributed by atoms with Gasteiger partial charge in [0, 0.05) is 62.7 Å². The number of nitrogens with zero attached hydrogens (tertiary/aromatic N) is 5. The van der Waals surface area contributed by atoms with Gasteiger partial charge in [-0.2, -0.15) is 0 Å². The number of carbonyl (C=O) groups is 1. The van der Waals surface area contributed by atoms with Crippen molar-refractivity contribution in [2.24, 2.45) is 0 Å². The summed E-state index contributed by atoms with van der Waals surface area (Å²) in [7, 11) is 1.66. The van der Waals surface area contributed by atoms with E-state index in [0.29, 0.717) is 24.6 Å². The van der Waals surface area contributed by atoms with E-state index in [1.54, 1.807) is 25.5 Å². The Bertz CT molecular complexity index is 1130. The molecule has 3 aromatic rings. The summed E-state index contributed by atoms with van der Waals surface area (Å²) in [6, 6.07) is 7.39. The van der Waals surface area contributed by atoms with E-state index in [2.05, 4.69) is 20.0 Å². The number of hydrogen-bond acceptors (Lipinski definition) is 8. The number of rotatable bonds is 3. The number of likely N-dealkylation sites (N-methyl/N-ethyl adjacent to an activating group) is 1. The minimum Gasteiger partial charge on any atom is -0.383 e. The number of nitrogen functional groups attached to an aromatic ring is 1. The third-order valence-corrected chi connectivity index (χ3v) is 5.98. The van der Waals surface area contributed by atoms with Gasteiger partial charge >= 0.3 is 0 Å². The normalized spacial score (nSPS) is 21.2. The predicted octanol–water partition coefficient (Wildman–Crippen LogP) is 1.33. The van der Waals surface area contributed by atoms with Gasteiger partial charge in [-0.05, 0) is 30.2 Å². The first-order valence-electron chi connectivity index (χ1n) is 9.84. The molecule has 3 N–H and O–H groups in total. The first kappa shape index (κ1) is 18.6. The van der Waals surface area contributed by atoms with Crippen LogP contribution in [0.4, 0.5) is 11.6 Å². The van der Waals surface area contributed by atoms with E-state index in [-0.39, 0.29) is 18.1 Å². The fourth-order valence-corrected chi connectivity index (χ4v) is 4.13. The lowest BCUT2D eigenvalue weighted by atomic mass is 9.98. The van der Waals surface area contributed by atoms with Crippen LogP contribution in [0.3, 0.4) is 0 Å². The molecule has 9 nitrogen and oxygen atoms in total. The van der Waals surface area contributed by atoms with Crippen LogP contribution in [0.5, 0.6) is 0 Å². The number of aliphatic hydroxyl groups is 1. The zero-order chi connectivity index (χ0) is 20.9. The Kier molecular flexibility index (Phi) is 4.21. The van der Waals surface area contributed by atoms with Crippen molar-refractivity contribution >= 4 is 17.5 Å². The van der Waals surface area contributed by atoms with Crippen molar-refractivity contribution in [1.29, 1.82) is 0 Å².